The van der Waals surface area contributed by atoms with Gasteiger partial charge in [0, 0.05) is 57.4 Å². The van der Waals surface area contributed by atoms with Crippen LogP contribution >= 0.6 is 0 Å². The van der Waals surface area contributed by atoms with E-state index in [0.717, 1.165) is 72.2 Å². The molecule has 5 nitrogen and oxygen atoms in total. The molecule has 0 amide bonds. The summed E-state index contributed by atoms with van der Waals surface area (Å²) in [4.78, 5) is 13.5. The molecule has 5 heteroatoms. The number of aromatic nitrogens is 2. The molecule has 0 aliphatic rings. The van der Waals surface area contributed by atoms with Crippen molar-refractivity contribution >= 4 is 77.6 Å². The molecule has 0 bridgehead atoms. The molecule has 8 aromatic carbocycles. The first-order valence-corrected chi connectivity index (χ1v) is 19.8. The fourth-order valence-electron chi connectivity index (χ4n) is 8.44. The van der Waals surface area contributed by atoms with Crippen molar-refractivity contribution in [2.45, 2.75) is 0 Å². The zero-order valence-corrected chi connectivity index (χ0v) is 32.0. The van der Waals surface area contributed by atoms with Gasteiger partial charge >= 0.3 is 0 Å². The molecule has 0 fully saturated rings. The van der Waals surface area contributed by atoms with E-state index in [1.165, 1.54) is 27.6 Å². The standard InChI is InChI=1S/C54H36N4O/c1-3-11-37(12-4-1)39-19-23-41(24-20-39)57(45-15-9-31-55-35-45)43-27-29-49-51(33-43)47-17-7-8-18-48(47)53-50-30-28-44(34-52(50)59-54(49)53)58(46-16-10-32-56-36-46)42-25-21-40(22-26-42)38-13-5-2-6-14-38/h1-36H. The number of benzene rings is 8. The van der Waals surface area contributed by atoms with Crippen molar-refractivity contribution in [3.63, 3.8) is 0 Å². The van der Waals surface area contributed by atoms with Gasteiger partial charge < -0.3 is 14.2 Å². The lowest BCUT2D eigenvalue weighted by Gasteiger charge is -2.26. The Hall–Kier alpha value is -8.02. The van der Waals surface area contributed by atoms with Gasteiger partial charge in [-0.1, -0.05) is 109 Å². The topological polar surface area (TPSA) is 45.4 Å². The summed E-state index contributed by atoms with van der Waals surface area (Å²) in [6.45, 7) is 0. The predicted molar refractivity (Wildman–Crippen MR) is 245 cm³/mol. The quantitative estimate of drug-likeness (QED) is 0.145. The molecule has 0 radical (unpaired) electrons. The second-order valence-electron chi connectivity index (χ2n) is 14.7. The van der Waals surface area contributed by atoms with Crippen LogP contribution in [0.2, 0.25) is 0 Å². The van der Waals surface area contributed by atoms with Crippen molar-refractivity contribution < 1.29 is 4.42 Å². The molecule has 11 aromatic rings. The van der Waals surface area contributed by atoms with Crippen molar-refractivity contribution in [1.29, 1.82) is 0 Å². The van der Waals surface area contributed by atoms with Crippen LogP contribution in [0.4, 0.5) is 34.1 Å². The van der Waals surface area contributed by atoms with Crippen molar-refractivity contribution in [1.82, 2.24) is 9.97 Å². The van der Waals surface area contributed by atoms with Gasteiger partial charge in [-0.25, -0.2) is 0 Å². The molecule has 3 heterocycles. The van der Waals surface area contributed by atoms with Gasteiger partial charge in [0.1, 0.15) is 11.2 Å². The molecule has 0 spiro atoms. The van der Waals surface area contributed by atoms with Gasteiger partial charge in [-0.15, -0.1) is 0 Å². The Morgan fingerprint density at radius 2 is 0.797 bits per heavy atom. The van der Waals surface area contributed by atoms with Gasteiger partial charge in [-0.3, -0.25) is 9.97 Å². The van der Waals surface area contributed by atoms with E-state index >= 15 is 0 Å². The lowest BCUT2D eigenvalue weighted by atomic mass is 9.96. The van der Waals surface area contributed by atoms with Crippen LogP contribution < -0.4 is 9.80 Å². The van der Waals surface area contributed by atoms with Crippen LogP contribution in [-0.4, -0.2) is 9.97 Å². The molecule has 59 heavy (non-hydrogen) atoms. The zero-order chi connectivity index (χ0) is 39.1. The molecule has 3 aromatic heterocycles. The maximum atomic E-state index is 6.97. The Bertz CT molecular complexity index is 3240. The number of rotatable bonds is 8. The van der Waals surface area contributed by atoms with E-state index in [0.29, 0.717) is 0 Å². The molecule has 0 saturated carbocycles. The summed E-state index contributed by atoms with van der Waals surface area (Å²) in [6, 6.07) is 68.4. The normalized spacial score (nSPS) is 11.4. The molecular formula is C54H36N4O. The average Bonchev–Trinajstić information content (AvgIpc) is 3.70. The van der Waals surface area contributed by atoms with Crippen molar-refractivity contribution in [3.8, 4) is 22.3 Å². The van der Waals surface area contributed by atoms with Crippen molar-refractivity contribution in [2.75, 3.05) is 9.80 Å². The number of hydrogen-bond donors (Lipinski definition) is 0. The number of anilines is 6. The Labute approximate surface area is 341 Å². The molecule has 0 unspecified atom stereocenters. The highest BCUT2D eigenvalue weighted by molar-refractivity contribution is 6.30. The second-order valence-corrected chi connectivity index (χ2v) is 14.7. The molecule has 11 rings (SSSR count). The Morgan fingerprint density at radius 3 is 1.34 bits per heavy atom. The Morgan fingerprint density at radius 1 is 0.322 bits per heavy atom. The van der Waals surface area contributed by atoms with Crippen LogP contribution in [0.5, 0.6) is 0 Å². The van der Waals surface area contributed by atoms with E-state index in [1.807, 2.05) is 49.1 Å². The Kier molecular flexibility index (Phi) is 8.41. The summed E-state index contributed by atoms with van der Waals surface area (Å²) >= 11 is 0. The summed E-state index contributed by atoms with van der Waals surface area (Å²) < 4.78 is 6.97. The summed E-state index contributed by atoms with van der Waals surface area (Å²) in [5.74, 6) is 0. The van der Waals surface area contributed by atoms with Gasteiger partial charge in [0.25, 0.3) is 0 Å². The van der Waals surface area contributed by atoms with Crippen LogP contribution in [0.25, 0.3) is 65.7 Å². The third-order valence-corrected chi connectivity index (χ3v) is 11.2. The molecule has 0 aliphatic heterocycles. The zero-order valence-electron chi connectivity index (χ0n) is 32.0. The number of hydrogen-bond acceptors (Lipinski definition) is 5. The SMILES string of the molecule is c1ccc(-c2ccc(N(c3cccnc3)c3ccc4c(c3)oc3c5ccc(N(c6ccc(-c7ccccc7)cc6)c6cccnc6)cc5c5ccccc5c43)cc2)cc1. The fourth-order valence-corrected chi connectivity index (χ4v) is 8.44. The minimum absolute atomic E-state index is 0.824. The van der Waals surface area contributed by atoms with Crippen molar-refractivity contribution in [3.05, 3.63) is 219 Å². The third kappa shape index (κ3) is 6.13. The maximum Gasteiger partial charge on any atom is 0.143 e. The maximum absolute atomic E-state index is 6.97. The molecule has 0 atom stereocenters. The molecular weight excluding hydrogens is 721 g/mol. The number of nitrogens with zero attached hydrogens (tertiary/aromatic N) is 4. The number of pyridine rings is 2. The first-order valence-electron chi connectivity index (χ1n) is 19.8. The minimum atomic E-state index is 0.824. The second kappa shape index (κ2) is 14.5. The molecule has 0 saturated heterocycles. The third-order valence-electron chi connectivity index (χ3n) is 11.2. The van der Waals surface area contributed by atoms with Gasteiger partial charge in [-0.05, 0) is 117 Å². The Balaban J connectivity index is 1.05. The molecule has 278 valence electrons. The summed E-state index contributed by atoms with van der Waals surface area (Å²) in [7, 11) is 0. The summed E-state index contributed by atoms with van der Waals surface area (Å²) in [5, 5.41) is 6.70. The van der Waals surface area contributed by atoms with Crippen LogP contribution in [-0.2, 0) is 0 Å². The van der Waals surface area contributed by atoms with E-state index in [4.69, 9.17) is 4.42 Å². The van der Waals surface area contributed by atoms with Gasteiger partial charge in [-0.2, -0.15) is 0 Å². The van der Waals surface area contributed by atoms with Gasteiger partial charge in [0.2, 0.25) is 0 Å². The highest BCUT2D eigenvalue weighted by Crippen LogP contribution is 2.45. The first kappa shape index (κ1) is 34.2. The van der Waals surface area contributed by atoms with E-state index in [2.05, 4.69) is 190 Å². The highest BCUT2D eigenvalue weighted by Gasteiger charge is 2.21. The monoisotopic (exact) mass is 756 g/mol. The largest absolute Gasteiger partial charge is 0.455 e. The first-order chi connectivity index (χ1) is 29.3. The summed E-state index contributed by atoms with van der Waals surface area (Å²) in [5.41, 5.74) is 12.4. The predicted octanol–water partition coefficient (Wildman–Crippen LogP) is 15.0. The number of furan rings is 1. The van der Waals surface area contributed by atoms with Crippen LogP contribution in [0.15, 0.2) is 223 Å². The van der Waals surface area contributed by atoms with E-state index in [-0.39, 0.29) is 0 Å². The molecule has 0 aliphatic carbocycles. The van der Waals surface area contributed by atoms with Gasteiger partial charge in [0.05, 0.1) is 23.8 Å². The van der Waals surface area contributed by atoms with Crippen molar-refractivity contribution in [2.24, 2.45) is 0 Å². The van der Waals surface area contributed by atoms with Crippen LogP contribution in [0.1, 0.15) is 0 Å². The van der Waals surface area contributed by atoms with E-state index in [1.54, 1.807) is 0 Å². The highest BCUT2D eigenvalue weighted by atomic mass is 16.3. The minimum Gasteiger partial charge on any atom is -0.455 e. The van der Waals surface area contributed by atoms with E-state index < -0.39 is 0 Å². The average molecular weight is 757 g/mol. The number of fused-ring (bicyclic) bond motifs is 8. The molecule has 0 N–H and O–H groups in total. The van der Waals surface area contributed by atoms with Gasteiger partial charge in [0.15, 0.2) is 0 Å². The van der Waals surface area contributed by atoms with E-state index in [9.17, 15) is 0 Å². The smallest absolute Gasteiger partial charge is 0.143 e. The lowest BCUT2D eigenvalue weighted by molar-refractivity contribution is 0.673. The summed E-state index contributed by atoms with van der Waals surface area (Å²) in [6.07, 6.45) is 7.44. The van der Waals surface area contributed by atoms with Crippen LogP contribution in [0, 0.1) is 0 Å². The van der Waals surface area contributed by atoms with Crippen LogP contribution in [0.3, 0.4) is 0 Å². The lowest BCUT2D eigenvalue weighted by Crippen LogP contribution is -2.10. The fraction of sp³-hybridized carbons (Fsp3) is 0.